The Morgan fingerprint density at radius 1 is 1.21 bits per heavy atom. The molecular formula is C16H16BrNO5S. The molecule has 0 bridgehead atoms. The van der Waals surface area contributed by atoms with E-state index in [1.807, 2.05) is 0 Å². The molecule has 0 atom stereocenters. The second kappa shape index (κ2) is 7.23. The van der Waals surface area contributed by atoms with E-state index in [0.717, 1.165) is 14.3 Å². The fourth-order valence-corrected chi connectivity index (χ4v) is 3.75. The van der Waals surface area contributed by atoms with Gasteiger partial charge in [-0.1, -0.05) is 15.9 Å². The van der Waals surface area contributed by atoms with Gasteiger partial charge in [-0.25, -0.2) is 8.42 Å². The first kappa shape index (κ1) is 18.3. The summed E-state index contributed by atoms with van der Waals surface area (Å²) in [6.45, 7) is 1.13. The predicted octanol–water partition coefficient (Wildman–Crippen LogP) is 3.05. The Kier molecular flexibility index (Phi) is 5.51. The Hall–Kier alpha value is -2.06. The van der Waals surface area contributed by atoms with Gasteiger partial charge in [-0.15, -0.1) is 0 Å². The van der Waals surface area contributed by atoms with Gasteiger partial charge in [-0.05, 0) is 55.0 Å². The number of ether oxygens (including phenoxy) is 1. The zero-order valence-electron chi connectivity index (χ0n) is 13.1. The largest absolute Gasteiger partial charge is 0.497 e. The minimum atomic E-state index is -4.02. The molecule has 2 rings (SSSR count). The van der Waals surface area contributed by atoms with Crippen molar-refractivity contribution in [2.75, 3.05) is 18.0 Å². The fraction of sp³-hybridized carbons (Fsp3) is 0.188. The Labute approximate surface area is 148 Å². The van der Waals surface area contributed by atoms with E-state index < -0.39 is 22.5 Å². The molecular weight excluding hydrogens is 398 g/mol. The second-order valence-electron chi connectivity index (χ2n) is 5.01. The van der Waals surface area contributed by atoms with Crippen LogP contribution in [0.4, 0.5) is 5.69 Å². The number of sulfonamides is 1. The SMILES string of the molecule is COc1ccc(S(=O)(=O)N(CC(=O)O)c2ccc(Br)c(C)c2)cc1. The molecule has 0 unspecified atom stereocenters. The van der Waals surface area contributed by atoms with Crippen LogP contribution < -0.4 is 9.04 Å². The highest BCUT2D eigenvalue weighted by Crippen LogP contribution is 2.28. The minimum Gasteiger partial charge on any atom is -0.497 e. The third kappa shape index (κ3) is 3.88. The van der Waals surface area contributed by atoms with Crippen LogP contribution in [0.15, 0.2) is 51.8 Å². The summed E-state index contributed by atoms with van der Waals surface area (Å²) in [4.78, 5) is 11.2. The summed E-state index contributed by atoms with van der Waals surface area (Å²) in [7, 11) is -2.55. The highest BCUT2D eigenvalue weighted by Gasteiger charge is 2.27. The summed E-state index contributed by atoms with van der Waals surface area (Å²) in [6, 6.07) is 10.7. The van der Waals surface area contributed by atoms with Gasteiger partial charge in [0.15, 0.2) is 0 Å². The molecule has 0 fully saturated rings. The molecule has 0 aliphatic carbocycles. The number of aryl methyl sites for hydroxylation is 1. The number of halogens is 1. The zero-order valence-corrected chi connectivity index (χ0v) is 15.5. The molecule has 0 saturated heterocycles. The maximum Gasteiger partial charge on any atom is 0.324 e. The molecule has 128 valence electrons. The standard InChI is InChI=1S/C16H16BrNO5S/c1-11-9-12(3-8-15(11)17)18(10-16(19)20)24(21,22)14-6-4-13(23-2)5-7-14/h3-9H,10H2,1-2H3,(H,19,20). The van der Waals surface area contributed by atoms with Crippen molar-refractivity contribution in [3.8, 4) is 5.75 Å². The summed E-state index contributed by atoms with van der Waals surface area (Å²) < 4.78 is 32.4. The van der Waals surface area contributed by atoms with Gasteiger partial charge in [-0.3, -0.25) is 9.10 Å². The van der Waals surface area contributed by atoms with Gasteiger partial charge < -0.3 is 9.84 Å². The molecule has 2 aromatic rings. The second-order valence-corrected chi connectivity index (χ2v) is 7.73. The number of benzene rings is 2. The van der Waals surface area contributed by atoms with Crippen molar-refractivity contribution < 1.29 is 23.1 Å². The highest BCUT2D eigenvalue weighted by molar-refractivity contribution is 9.10. The lowest BCUT2D eigenvalue weighted by molar-refractivity contribution is -0.135. The molecule has 2 aromatic carbocycles. The molecule has 0 aliphatic rings. The molecule has 6 nitrogen and oxygen atoms in total. The number of carboxylic acid groups (broad SMARTS) is 1. The van der Waals surface area contributed by atoms with E-state index >= 15 is 0 Å². The number of nitrogens with zero attached hydrogens (tertiary/aromatic N) is 1. The Bertz CT molecular complexity index is 849. The van der Waals surface area contributed by atoms with E-state index in [-0.39, 0.29) is 10.6 Å². The Morgan fingerprint density at radius 3 is 2.33 bits per heavy atom. The van der Waals surface area contributed by atoms with Gasteiger partial charge in [-0.2, -0.15) is 0 Å². The van der Waals surface area contributed by atoms with Gasteiger partial charge in [0.2, 0.25) is 0 Å². The summed E-state index contributed by atoms with van der Waals surface area (Å²) in [6.07, 6.45) is 0. The first-order valence-electron chi connectivity index (χ1n) is 6.90. The number of aliphatic carboxylic acids is 1. The maximum absolute atomic E-state index is 12.9. The summed E-state index contributed by atoms with van der Waals surface area (Å²) in [5.41, 5.74) is 1.08. The lowest BCUT2D eigenvalue weighted by atomic mass is 10.2. The first-order valence-corrected chi connectivity index (χ1v) is 9.13. The lowest BCUT2D eigenvalue weighted by Gasteiger charge is -2.23. The van der Waals surface area contributed by atoms with Crippen LogP contribution >= 0.6 is 15.9 Å². The van der Waals surface area contributed by atoms with Gasteiger partial charge in [0.25, 0.3) is 10.0 Å². The quantitative estimate of drug-likeness (QED) is 0.786. The summed E-state index contributed by atoms with van der Waals surface area (Å²) in [5, 5.41) is 9.13. The maximum atomic E-state index is 12.9. The topological polar surface area (TPSA) is 83.9 Å². The number of hydrogen-bond donors (Lipinski definition) is 1. The van der Waals surface area contributed by atoms with Crippen LogP contribution in [0.1, 0.15) is 5.56 Å². The average molecular weight is 414 g/mol. The van der Waals surface area contributed by atoms with Crippen molar-refractivity contribution in [3.05, 3.63) is 52.5 Å². The summed E-state index contributed by atoms with van der Waals surface area (Å²) in [5.74, 6) is -0.731. The van der Waals surface area contributed by atoms with Crippen LogP contribution in [0.5, 0.6) is 5.75 Å². The molecule has 0 spiro atoms. The number of rotatable bonds is 6. The van der Waals surface area contributed by atoms with E-state index in [1.165, 1.54) is 31.4 Å². The molecule has 8 heteroatoms. The summed E-state index contributed by atoms with van der Waals surface area (Å²) >= 11 is 3.34. The van der Waals surface area contributed by atoms with Crippen LogP contribution in [-0.2, 0) is 14.8 Å². The molecule has 0 saturated carbocycles. The van der Waals surface area contributed by atoms with E-state index in [0.29, 0.717) is 5.75 Å². The van der Waals surface area contributed by atoms with Crippen molar-refractivity contribution in [1.82, 2.24) is 0 Å². The van der Waals surface area contributed by atoms with Crippen LogP contribution in [-0.4, -0.2) is 33.1 Å². The number of anilines is 1. The monoisotopic (exact) mass is 413 g/mol. The van der Waals surface area contributed by atoms with Gasteiger partial charge in [0, 0.05) is 4.47 Å². The fourth-order valence-electron chi connectivity index (χ4n) is 2.10. The molecule has 0 aliphatic heterocycles. The van der Waals surface area contributed by atoms with Crippen molar-refractivity contribution in [2.45, 2.75) is 11.8 Å². The Morgan fingerprint density at radius 2 is 1.83 bits per heavy atom. The third-order valence-corrected chi connectivity index (χ3v) is 6.03. The number of methoxy groups -OCH3 is 1. The molecule has 0 heterocycles. The van der Waals surface area contributed by atoms with Crippen LogP contribution in [0.3, 0.4) is 0 Å². The molecule has 0 aromatic heterocycles. The van der Waals surface area contributed by atoms with Gasteiger partial charge in [0.1, 0.15) is 12.3 Å². The highest BCUT2D eigenvalue weighted by atomic mass is 79.9. The van der Waals surface area contributed by atoms with Crippen molar-refractivity contribution in [2.24, 2.45) is 0 Å². The smallest absolute Gasteiger partial charge is 0.324 e. The molecule has 24 heavy (non-hydrogen) atoms. The third-order valence-electron chi connectivity index (χ3n) is 3.36. The molecule has 0 radical (unpaired) electrons. The lowest BCUT2D eigenvalue weighted by Crippen LogP contribution is -2.35. The van der Waals surface area contributed by atoms with E-state index in [9.17, 15) is 13.2 Å². The average Bonchev–Trinajstić information content (AvgIpc) is 2.55. The Balaban J connectivity index is 2.52. The van der Waals surface area contributed by atoms with E-state index in [4.69, 9.17) is 9.84 Å². The van der Waals surface area contributed by atoms with Crippen LogP contribution in [0.2, 0.25) is 0 Å². The molecule has 1 N–H and O–H groups in total. The zero-order chi connectivity index (χ0) is 17.9. The minimum absolute atomic E-state index is 0.00915. The van der Waals surface area contributed by atoms with Crippen molar-refractivity contribution in [1.29, 1.82) is 0 Å². The van der Waals surface area contributed by atoms with Crippen LogP contribution in [0.25, 0.3) is 0 Å². The molecule has 0 amide bonds. The van der Waals surface area contributed by atoms with Gasteiger partial charge >= 0.3 is 5.97 Å². The van der Waals surface area contributed by atoms with E-state index in [2.05, 4.69) is 15.9 Å². The number of carbonyl (C=O) groups is 1. The number of carboxylic acids is 1. The van der Waals surface area contributed by atoms with Crippen molar-refractivity contribution in [3.63, 3.8) is 0 Å². The van der Waals surface area contributed by atoms with E-state index in [1.54, 1.807) is 25.1 Å². The number of hydrogen-bond acceptors (Lipinski definition) is 4. The predicted molar refractivity (Wildman–Crippen MR) is 94.0 cm³/mol. The normalized spacial score (nSPS) is 11.1. The van der Waals surface area contributed by atoms with Crippen molar-refractivity contribution >= 4 is 37.6 Å². The van der Waals surface area contributed by atoms with Gasteiger partial charge in [0.05, 0.1) is 17.7 Å². The van der Waals surface area contributed by atoms with Crippen LogP contribution in [0, 0.1) is 6.92 Å². The first-order chi connectivity index (χ1) is 11.3.